The first kappa shape index (κ1) is 15.2. The van der Waals surface area contributed by atoms with Gasteiger partial charge in [0.2, 0.25) is 10.0 Å². The monoisotopic (exact) mass is 290 g/mol. The van der Waals surface area contributed by atoms with Crippen LogP contribution in [-0.2, 0) is 10.0 Å². The van der Waals surface area contributed by atoms with Gasteiger partial charge in [-0.25, -0.2) is 24.0 Å². The van der Waals surface area contributed by atoms with Crippen LogP contribution in [0.1, 0.15) is 6.92 Å². The highest BCUT2D eigenvalue weighted by molar-refractivity contribution is 7.98. The van der Waals surface area contributed by atoms with E-state index in [2.05, 4.69) is 15.1 Å². The Balaban J connectivity index is 2.73. The first-order chi connectivity index (χ1) is 8.49. The van der Waals surface area contributed by atoms with Crippen molar-refractivity contribution in [2.45, 2.75) is 11.8 Å². The summed E-state index contributed by atoms with van der Waals surface area (Å²) in [5.41, 5.74) is 2.32. The lowest BCUT2D eigenvalue weighted by Gasteiger charge is -2.12. The average Bonchev–Trinajstić information content (AvgIpc) is 2.37. The summed E-state index contributed by atoms with van der Waals surface area (Å²) in [4.78, 5) is 4.02. The molecule has 0 saturated heterocycles. The third kappa shape index (κ3) is 4.45. The van der Waals surface area contributed by atoms with Crippen molar-refractivity contribution in [3.63, 3.8) is 0 Å². The van der Waals surface area contributed by atoms with E-state index in [0.29, 0.717) is 12.4 Å². The summed E-state index contributed by atoms with van der Waals surface area (Å²) < 4.78 is 26.6. The van der Waals surface area contributed by atoms with Crippen LogP contribution in [0.5, 0.6) is 0 Å². The standard InChI is InChI=1S/C10H18N4O2S2/c1-8(7-17-2)6-13-18(15,16)9-3-4-12-10(5-9)14-11/h3-5,8,13H,6-7,11H2,1-2H3,(H,12,14). The van der Waals surface area contributed by atoms with Crippen LogP contribution in [-0.4, -0.2) is 32.0 Å². The van der Waals surface area contributed by atoms with Gasteiger partial charge in [0.05, 0.1) is 4.90 Å². The Morgan fingerprint density at radius 1 is 1.56 bits per heavy atom. The molecule has 0 bridgehead atoms. The molecule has 0 amide bonds. The number of hydrazine groups is 1. The molecule has 0 fully saturated rings. The molecule has 0 aliphatic heterocycles. The van der Waals surface area contributed by atoms with E-state index in [-0.39, 0.29) is 10.8 Å². The smallest absolute Gasteiger partial charge is 0.240 e. The minimum Gasteiger partial charge on any atom is -0.308 e. The van der Waals surface area contributed by atoms with Gasteiger partial charge in [-0.05, 0) is 24.0 Å². The van der Waals surface area contributed by atoms with Crippen molar-refractivity contribution < 1.29 is 8.42 Å². The second-order valence-electron chi connectivity index (χ2n) is 3.93. The highest BCUT2D eigenvalue weighted by atomic mass is 32.2. The zero-order chi connectivity index (χ0) is 13.6. The van der Waals surface area contributed by atoms with Gasteiger partial charge in [0.25, 0.3) is 0 Å². The van der Waals surface area contributed by atoms with Crippen LogP contribution in [0.25, 0.3) is 0 Å². The zero-order valence-corrected chi connectivity index (χ0v) is 12.0. The molecule has 0 spiro atoms. The maximum Gasteiger partial charge on any atom is 0.240 e. The maximum atomic E-state index is 12.0. The SMILES string of the molecule is CSCC(C)CNS(=O)(=O)c1ccnc(NN)c1. The van der Waals surface area contributed by atoms with Gasteiger partial charge >= 0.3 is 0 Å². The summed E-state index contributed by atoms with van der Waals surface area (Å²) >= 11 is 1.69. The first-order valence-corrected chi connectivity index (χ1v) is 8.28. The second-order valence-corrected chi connectivity index (χ2v) is 6.61. The quantitative estimate of drug-likeness (QED) is 0.504. The normalized spacial score (nSPS) is 13.3. The summed E-state index contributed by atoms with van der Waals surface area (Å²) in [5, 5.41) is 0. The maximum absolute atomic E-state index is 12.0. The summed E-state index contributed by atoms with van der Waals surface area (Å²) in [5.74, 6) is 6.70. The molecule has 18 heavy (non-hydrogen) atoms. The number of nitrogen functional groups attached to an aromatic ring is 1. The molecule has 1 unspecified atom stereocenters. The number of rotatable bonds is 7. The fraction of sp³-hybridized carbons (Fsp3) is 0.500. The third-order valence-corrected chi connectivity index (χ3v) is 4.59. The molecular weight excluding hydrogens is 272 g/mol. The van der Waals surface area contributed by atoms with Gasteiger partial charge in [0.1, 0.15) is 5.82 Å². The van der Waals surface area contributed by atoms with Crippen LogP contribution < -0.4 is 16.0 Å². The van der Waals surface area contributed by atoms with E-state index in [0.717, 1.165) is 5.75 Å². The van der Waals surface area contributed by atoms with Crippen molar-refractivity contribution in [2.75, 3.05) is 24.0 Å². The molecule has 4 N–H and O–H groups in total. The van der Waals surface area contributed by atoms with E-state index >= 15 is 0 Å². The Labute approximate surface area is 112 Å². The minimum atomic E-state index is -3.50. The lowest BCUT2D eigenvalue weighted by Crippen LogP contribution is -2.29. The topological polar surface area (TPSA) is 97.1 Å². The molecule has 1 atom stereocenters. The van der Waals surface area contributed by atoms with Gasteiger partial charge in [-0.1, -0.05) is 6.92 Å². The van der Waals surface area contributed by atoms with Crippen molar-refractivity contribution in [1.29, 1.82) is 0 Å². The van der Waals surface area contributed by atoms with Crippen LogP contribution in [0.2, 0.25) is 0 Å². The number of nitrogens with one attached hydrogen (secondary N) is 2. The Morgan fingerprint density at radius 3 is 2.89 bits per heavy atom. The fourth-order valence-electron chi connectivity index (χ4n) is 1.34. The molecule has 0 aromatic carbocycles. The lowest BCUT2D eigenvalue weighted by molar-refractivity contribution is 0.562. The Bertz CT molecular complexity index is 479. The third-order valence-electron chi connectivity index (χ3n) is 2.26. The molecule has 0 saturated carbocycles. The number of anilines is 1. The highest BCUT2D eigenvalue weighted by Crippen LogP contribution is 2.12. The van der Waals surface area contributed by atoms with Crippen LogP contribution in [0, 0.1) is 5.92 Å². The van der Waals surface area contributed by atoms with E-state index in [9.17, 15) is 8.42 Å². The van der Waals surface area contributed by atoms with E-state index in [1.165, 1.54) is 18.3 Å². The number of nitrogens with two attached hydrogens (primary N) is 1. The average molecular weight is 290 g/mol. The molecule has 1 rings (SSSR count). The van der Waals surface area contributed by atoms with Crippen molar-refractivity contribution in [3.8, 4) is 0 Å². The number of sulfonamides is 1. The number of aromatic nitrogens is 1. The molecule has 1 aromatic rings. The van der Waals surface area contributed by atoms with Crippen LogP contribution in [0.3, 0.4) is 0 Å². The molecule has 1 heterocycles. The van der Waals surface area contributed by atoms with E-state index < -0.39 is 10.0 Å². The molecule has 102 valence electrons. The van der Waals surface area contributed by atoms with Crippen LogP contribution in [0.15, 0.2) is 23.2 Å². The molecule has 0 aliphatic carbocycles. The largest absolute Gasteiger partial charge is 0.308 e. The number of pyridine rings is 1. The first-order valence-electron chi connectivity index (χ1n) is 5.41. The molecular formula is C10H18N4O2S2. The van der Waals surface area contributed by atoms with Crippen molar-refractivity contribution in [1.82, 2.24) is 9.71 Å². The van der Waals surface area contributed by atoms with Gasteiger partial charge in [0, 0.05) is 18.8 Å². The van der Waals surface area contributed by atoms with Crippen LogP contribution in [0.4, 0.5) is 5.82 Å². The summed E-state index contributed by atoms with van der Waals surface area (Å²) in [6, 6.07) is 2.82. The molecule has 0 aliphatic rings. The number of thioether (sulfide) groups is 1. The number of nitrogens with zero attached hydrogens (tertiary/aromatic N) is 1. The Kier molecular flexibility index (Phi) is 5.86. The zero-order valence-electron chi connectivity index (χ0n) is 10.4. The molecule has 1 aromatic heterocycles. The molecule has 6 nitrogen and oxygen atoms in total. The van der Waals surface area contributed by atoms with Crippen LogP contribution >= 0.6 is 11.8 Å². The predicted molar refractivity (Wildman–Crippen MR) is 74.8 cm³/mol. The van der Waals surface area contributed by atoms with E-state index in [4.69, 9.17) is 5.84 Å². The van der Waals surface area contributed by atoms with Crippen molar-refractivity contribution in [2.24, 2.45) is 11.8 Å². The highest BCUT2D eigenvalue weighted by Gasteiger charge is 2.15. The predicted octanol–water partition coefficient (Wildman–Crippen LogP) is 0.645. The Morgan fingerprint density at radius 2 is 2.28 bits per heavy atom. The fourth-order valence-corrected chi connectivity index (χ4v) is 3.20. The van der Waals surface area contributed by atoms with Gasteiger partial charge in [-0.3, -0.25) is 0 Å². The molecule has 0 radical (unpaired) electrons. The van der Waals surface area contributed by atoms with Gasteiger partial charge in [0.15, 0.2) is 0 Å². The minimum absolute atomic E-state index is 0.154. The van der Waals surface area contributed by atoms with Crippen molar-refractivity contribution in [3.05, 3.63) is 18.3 Å². The van der Waals surface area contributed by atoms with Gasteiger partial charge < -0.3 is 5.43 Å². The summed E-state index contributed by atoms with van der Waals surface area (Å²) in [6.45, 7) is 2.41. The second kappa shape index (κ2) is 6.93. The van der Waals surface area contributed by atoms with Gasteiger partial charge in [-0.2, -0.15) is 11.8 Å². The van der Waals surface area contributed by atoms with Gasteiger partial charge in [-0.15, -0.1) is 0 Å². The van der Waals surface area contributed by atoms with Crippen molar-refractivity contribution >= 4 is 27.6 Å². The van der Waals surface area contributed by atoms with E-state index in [1.807, 2.05) is 13.2 Å². The van der Waals surface area contributed by atoms with E-state index in [1.54, 1.807) is 11.8 Å². The Hall–Kier alpha value is -0.830. The molecule has 8 heteroatoms. The summed E-state index contributed by atoms with van der Waals surface area (Å²) in [7, 11) is -3.50. The number of hydrogen-bond acceptors (Lipinski definition) is 6. The summed E-state index contributed by atoms with van der Waals surface area (Å²) in [6.07, 6.45) is 3.39. The number of hydrogen-bond donors (Lipinski definition) is 3. The lowest BCUT2D eigenvalue weighted by atomic mass is 10.2.